The number of nitrogens with one attached hydrogen (secondary N) is 1. The maximum absolute atomic E-state index is 12.0. The van der Waals surface area contributed by atoms with Gasteiger partial charge in [0.05, 0.1) is 16.0 Å². The van der Waals surface area contributed by atoms with Crippen molar-refractivity contribution in [2.24, 2.45) is 0 Å². The molecule has 0 aliphatic carbocycles. The molecule has 0 unspecified atom stereocenters. The highest BCUT2D eigenvalue weighted by atomic mass is 32.1. The van der Waals surface area contributed by atoms with Crippen molar-refractivity contribution in [3.05, 3.63) is 51.7 Å². The maximum atomic E-state index is 12.0. The van der Waals surface area contributed by atoms with Gasteiger partial charge >= 0.3 is 0 Å². The highest BCUT2D eigenvalue weighted by molar-refractivity contribution is 7.16. The van der Waals surface area contributed by atoms with Crippen LogP contribution in [-0.4, -0.2) is 27.4 Å². The Morgan fingerprint density at radius 1 is 1.38 bits per heavy atom. The van der Waals surface area contributed by atoms with Crippen LogP contribution in [-0.2, 0) is 4.79 Å². The lowest BCUT2D eigenvalue weighted by atomic mass is 10.2. The molecule has 2 aromatic heterocycles. The number of rotatable bonds is 5. The first-order valence-corrected chi connectivity index (χ1v) is 7.78. The number of amides is 1. The van der Waals surface area contributed by atoms with E-state index >= 15 is 0 Å². The van der Waals surface area contributed by atoms with Crippen LogP contribution in [0, 0.1) is 17.0 Å². The van der Waals surface area contributed by atoms with E-state index in [0.29, 0.717) is 11.6 Å². The van der Waals surface area contributed by atoms with Crippen LogP contribution in [0.3, 0.4) is 0 Å². The van der Waals surface area contributed by atoms with Gasteiger partial charge in [0.1, 0.15) is 11.2 Å². The molecule has 8 nitrogen and oxygen atoms in total. The molecular weight excluding hydrogens is 332 g/mol. The predicted molar refractivity (Wildman–Crippen MR) is 89.4 cm³/mol. The second-order valence-electron chi connectivity index (χ2n) is 4.91. The third-order valence-corrected chi connectivity index (χ3v) is 4.09. The summed E-state index contributed by atoms with van der Waals surface area (Å²) in [5.41, 5.74) is 1.00. The number of hydrogen-bond acceptors (Lipinski definition) is 7. The predicted octanol–water partition coefficient (Wildman–Crippen LogP) is 2.93. The zero-order chi connectivity index (χ0) is 17.1. The number of aryl methyl sites for hydroxylation is 1. The standard InChI is InChI=1S/C15H12N4O4S/c1-9-2-3-10(19(21)22)6-12(9)18-13(20)7-23-14-11-4-5-24-15(11)17-8-16-14/h2-6,8H,7H2,1H3,(H,18,20). The van der Waals surface area contributed by atoms with Gasteiger partial charge < -0.3 is 10.1 Å². The molecule has 1 amide bonds. The van der Waals surface area contributed by atoms with E-state index in [0.717, 1.165) is 15.8 Å². The van der Waals surface area contributed by atoms with Crippen LogP contribution in [0.1, 0.15) is 5.56 Å². The second-order valence-corrected chi connectivity index (χ2v) is 5.81. The molecule has 0 radical (unpaired) electrons. The van der Waals surface area contributed by atoms with Gasteiger partial charge in [-0.1, -0.05) is 6.07 Å². The molecule has 1 N–H and O–H groups in total. The number of benzene rings is 1. The average molecular weight is 344 g/mol. The molecule has 0 atom stereocenters. The highest BCUT2D eigenvalue weighted by Crippen LogP contribution is 2.25. The van der Waals surface area contributed by atoms with E-state index in [2.05, 4.69) is 15.3 Å². The molecule has 0 bridgehead atoms. The Kier molecular flexibility index (Phi) is 4.34. The Morgan fingerprint density at radius 2 is 2.21 bits per heavy atom. The fraction of sp³-hybridized carbons (Fsp3) is 0.133. The Hall–Kier alpha value is -3.07. The van der Waals surface area contributed by atoms with Crippen molar-refractivity contribution in [1.82, 2.24) is 9.97 Å². The lowest BCUT2D eigenvalue weighted by Gasteiger charge is -2.09. The van der Waals surface area contributed by atoms with Crippen molar-refractivity contribution < 1.29 is 14.5 Å². The lowest BCUT2D eigenvalue weighted by molar-refractivity contribution is -0.384. The summed E-state index contributed by atoms with van der Waals surface area (Å²) in [4.78, 5) is 31.2. The quantitative estimate of drug-likeness (QED) is 0.563. The van der Waals surface area contributed by atoms with Gasteiger partial charge in [0.25, 0.3) is 11.6 Å². The van der Waals surface area contributed by atoms with Gasteiger partial charge in [0, 0.05) is 12.1 Å². The number of ether oxygens (including phenoxy) is 1. The number of nitro groups is 1. The molecule has 0 aliphatic rings. The molecule has 0 saturated carbocycles. The number of nitro benzene ring substituents is 1. The van der Waals surface area contributed by atoms with E-state index in [4.69, 9.17) is 4.74 Å². The molecule has 2 heterocycles. The van der Waals surface area contributed by atoms with Crippen LogP contribution >= 0.6 is 11.3 Å². The van der Waals surface area contributed by atoms with Crippen molar-refractivity contribution >= 4 is 38.8 Å². The van der Waals surface area contributed by atoms with Crippen LogP contribution in [0.5, 0.6) is 5.88 Å². The molecule has 122 valence electrons. The van der Waals surface area contributed by atoms with Crippen LogP contribution in [0.25, 0.3) is 10.2 Å². The molecule has 0 aliphatic heterocycles. The monoisotopic (exact) mass is 344 g/mol. The van der Waals surface area contributed by atoms with Crippen LogP contribution < -0.4 is 10.1 Å². The topological polar surface area (TPSA) is 107 Å². The van der Waals surface area contributed by atoms with Gasteiger partial charge in [-0.3, -0.25) is 14.9 Å². The third kappa shape index (κ3) is 3.30. The smallest absolute Gasteiger partial charge is 0.271 e. The second kappa shape index (κ2) is 6.59. The largest absolute Gasteiger partial charge is 0.467 e. The van der Waals surface area contributed by atoms with Crippen LogP contribution in [0.4, 0.5) is 11.4 Å². The van der Waals surface area contributed by atoms with Crippen molar-refractivity contribution in [3.63, 3.8) is 0 Å². The van der Waals surface area contributed by atoms with Crippen molar-refractivity contribution in [3.8, 4) is 5.88 Å². The van der Waals surface area contributed by atoms with Gasteiger partial charge in [0.15, 0.2) is 6.61 Å². The van der Waals surface area contributed by atoms with E-state index in [-0.39, 0.29) is 12.3 Å². The molecule has 0 saturated heterocycles. The molecule has 24 heavy (non-hydrogen) atoms. The summed E-state index contributed by atoms with van der Waals surface area (Å²) in [6.45, 7) is 1.49. The van der Waals surface area contributed by atoms with Gasteiger partial charge in [0.2, 0.25) is 5.88 Å². The number of thiophene rings is 1. The molecule has 3 rings (SSSR count). The summed E-state index contributed by atoms with van der Waals surface area (Å²) in [7, 11) is 0. The van der Waals surface area contributed by atoms with Crippen LogP contribution in [0.15, 0.2) is 36.0 Å². The molecular formula is C15H12N4O4S. The minimum Gasteiger partial charge on any atom is -0.467 e. The number of carbonyl (C=O) groups excluding carboxylic acids is 1. The number of non-ortho nitro benzene ring substituents is 1. The average Bonchev–Trinajstić information content (AvgIpc) is 3.04. The third-order valence-electron chi connectivity index (χ3n) is 3.27. The number of nitrogens with zero attached hydrogens (tertiary/aromatic N) is 3. The first kappa shape index (κ1) is 15.8. The zero-order valence-corrected chi connectivity index (χ0v) is 13.4. The summed E-state index contributed by atoms with van der Waals surface area (Å²) in [5, 5.41) is 16.0. The summed E-state index contributed by atoms with van der Waals surface area (Å²) in [5.74, 6) is -0.104. The fourth-order valence-electron chi connectivity index (χ4n) is 2.06. The number of fused-ring (bicyclic) bond motifs is 1. The summed E-state index contributed by atoms with van der Waals surface area (Å²) in [6.07, 6.45) is 1.37. The van der Waals surface area contributed by atoms with Gasteiger partial charge in [-0.05, 0) is 23.9 Å². The van der Waals surface area contributed by atoms with Crippen LogP contribution in [0.2, 0.25) is 0 Å². The number of anilines is 1. The maximum Gasteiger partial charge on any atom is 0.271 e. The molecule has 3 aromatic rings. The normalized spacial score (nSPS) is 10.5. The fourth-order valence-corrected chi connectivity index (χ4v) is 2.78. The SMILES string of the molecule is Cc1ccc([N+](=O)[O-])cc1NC(=O)COc1ncnc2sccc12. The number of carbonyl (C=O) groups is 1. The number of hydrogen-bond donors (Lipinski definition) is 1. The van der Waals surface area contributed by atoms with Crippen molar-refractivity contribution in [2.45, 2.75) is 6.92 Å². The minimum atomic E-state index is -0.514. The summed E-state index contributed by atoms with van der Waals surface area (Å²) >= 11 is 1.45. The Bertz CT molecular complexity index is 925. The van der Waals surface area contributed by atoms with E-state index in [1.807, 2.05) is 11.4 Å². The Labute approximate surface area is 140 Å². The summed E-state index contributed by atoms with van der Waals surface area (Å²) < 4.78 is 5.44. The molecule has 1 aromatic carbocycles. The summed E-state index contributed by atoms with van der Waals surface area (Å²) in [6, 6.07) is 6.09. The van der Waals surface area contributed by atoms with E-state index in [9.17, 15) is 14.9 Å². The Morgan fingerprint density at radius 3 is 3.00 bits per heavy atom. The molecule has 0 fully saturated rings. The molecule has 0 spiro atoms. The van der Waals surface area contributed by atoms with Crippen molar-refractivity contribution in [1.29, 1.82) is 0 Å². The van der Waals surface area contributed by atoms with E-state index in [1.54, 1.807) is 13.0 Å². The van der Waals surface area contributed by atoms with Gasteiger partial charge in [-0.25, -0.2) is 9.97 Å². The van der Waals surface area contributed by atoms with Crippen molar-refractivity contribution in [2.75, 3.05) is 11.9 Å². The van der Waals surface area contributed by atoms with E-state index in [1.165, 1.54) is 29.8 Å². The van der Waals surface area contributed by atoms with Gasteiger partial charge in [-0.2, -0.15) is 0 Å². The Balaban J connectivity index is 1.69. The lowest BCUT2D eigenvalue weighted by Crippen LogP contribution is -2.21. The zero-order valence-electron chi connectivity index (χ0n) is 12.6. The van der Waals surface area contributed by atoms with Gasteiger partial charge in [-0.15, -0.1) is 11.3 Å². The van der Waals surface area contributed by atoms with E-state index < -0.39 is 10.8 Å². The molecule has 9 heteroatoms. The first-order valence-electron chi connectivity index (χ1n) is 6.90. The highest BCUT2D eigenvalue weighted by Gasteiger charge is 2.13. The first-order chi connectivity index (χ1) is 11.5. The number of aromatic nitrogens is 2. The minimum absolute atomic E-state index is 0.0902.